The quantitative estimate of drug-likeness (QED) is 0.896. The first-order valence-corrected chi connectivity index (χ1v) is 5.66. The van der Waals surface area contributed by atoms with Crippen LogP contribution in [-0.4, -0.2) is 19.2 Å². The van der Waals surface area contributed by atoms with E-state index in [1.807, 2.05) is 30.3 Å². The second-order valence-electron chi connectivity index (χ2n) is 3.82. The SMILES string of the molecule is COc1cc(-c2ccc(OC)c(CN)c2)ccn1. The van der Waals surface area contributed by atoms with Crippen LogP contribution in [0.2, 0.25) is 0 Å². The number of methoxy groups -OCH3 is 2. The number of aromatic nitrogens is 1. The maximum atomic E-state index is 5.71. The van der Waals surface area contributed by atoms with E-state index < -0.39 is 0 Å². The van der Waals surface area contributed by atoms with Crippen molar-refractivity contribution in [3.8, 4) is 22.8 Å². The molecule has 1 aromatic carbocycles. The van der Waals surface area contributed by atoms with Crippen molar-refractivity contribution in [2.24, 2.45) is 5.73 Å². The maximum absolute atomic E-state index is 5.71. The van der Waals surface area contributed by atoms with E-state index in [4.69, 9.17) is 15.2 Å². The summed E-state index contributed by atoms with van der Waals surface area (Å²) in [4.78, 5) is 4.09. The zero-order valence-corrected chi connectivity index (χ0v) is 10.5. The molecular weight excluding hydrogens is 228 g/mol. The molecule has 0 saturated heterocycles. The van der Waals surface area contributed by atoms with Crippen LogP contribution in [0, 0.1) is 0 Å². The number of rotatable bonds is 4. The fourth-order valence-corrected chi connectivity index (χ4v) is 1.82. The molecule has 4 nitrogen and oxygen atoms in total. The van der Waals surface area contributed by atoms with E-state index in [0.29, 0.717) is 12.4 Å². The van der Waals surface area contributed by atoms with Crippen LogP contribution in [0.25, 0.3) is 11.1 Å². The van der Waals surface area contributed by atoms with Gasteiger partial charge in [-0.25, -0.2) is 4.98 Å². The monoisotopic (exact) mass is 244 g/mol. The van der Waals surface area contributed by atoms with Crippen molar-refractivity contribution in [3.63, 3.8) is 0 Å². The summed E-state index contributed by atoms with van der Waals surface area (Å²) >= 11 is 0. The Morgan fingerprint density at radius 2 is 1.83 bits per heavy atom. The Morgan fingerprint density at radius 3 is 2.50 bits per heavy atom. The third-order valence-corrected chi connectivity index (χ3v) is 2.78. The number of nitrogens with two attached hydrogens (primary N) is 1. The van der Waals surface area contributed by atoms with Crippen LogP contribution in [0.1, 0.15) is 5.56 Å². The lowest BCUT2D eigenvalue weighted by Gasteiger charge is -2.09. The van der Waals surface area contributed by atoms with Gasteiger partial charge in [0.2, 0.25) is 5.88 Å². The number of hydrogen-bond acceptors (Lipinski definition) is 4. The van der Waals surface area contributed by atoms with E-state index in [1.165, 1.54) is 0 Å². The molecule has 2 N–H and O–H groups in total. The Balaban J connectivity index is 2.43. The summed E-state index contributed by atoms with van der Waals surface area (Å²) in [7, 11) is 3.25. The van der Waals surface area contributed by atoms with E-state index in [0.717, 1.165) is 22.4 Å². The van der Waals surface area contributed by atoms with Gasteiger partial charge < -0.3 is 15.2 Å². The molecule has 0 unspecified atom stereocenters. The van der Waals surface area contributed by atoms with E-state index in [9.17, 15) is 0 Å². The van der Waals surface area contributed by atoms with Crippen molar-refractivity contribution in [1.29, 1.82) is 0 Å². The molecule has 0 fully saturated rings. The zero-order valence-electron chi connectivity index (χ0n) is 10.5. The summed E-state index contributed by atoms with van der Waals surface area (Å²) in [5.41, 5.74) is 8.80. The molecule has 0 bridgehead atoms. The Morgan fingerprint density at radius 1 is 1.06 bits per heavy atom. The predicted molar refractivity (Wildman–Crippen MR) is 70.7 cm³/mol. The van der Waals surface area contributed by atoms with Gasteiger partial charge in [0.05, 0.1) is 14.2 Å². The van der Waals surface area contributed by atoms with Crippen molar-refractivity contribution in [3.05, 3.63) is 42.1 Å². The average Bonchev–Trinajstić information content (AvgIpc) is 2.46. The minimum absolute atomic E-state index is 0.444. The van der Waals surface area contributed by atoms with Crippen molar-refractivity contribution in [1.82, 2.24) is 4.98 Å². The summed E-state index contributed by atoms with van der Waals surface area (Å²) in [5.74, 6) is 1.40. The number of pyridine rings is 1. The lowest BCUT2D eigenvalue weighted by molar-refractivity contribution is 0.398. The minimum atomic E-state index is 0.444. The lowest BCUT2D eigenvalue weighted by Crippen LogP contribution is -2.00. The molecule has 94 valence electrons. The summed E-state index contributed by atoms with van der Waals surface area (Å²) < 4.78 is 10.4. The highest BCUT2D eigenvalue weighted by molar-refractivity contribution is 5.66. The Labute approximate surface area is 106 Å². The molecule has 0 aliphatic carbocycles. The topological polar surface area (TPSA) is 57.4 Å². The van der Waals surface area contributed by atoms with E-state index >= 15 is 0 Å². The van der Waals surface area contributed by atoms with E-state index in [1.54, 1.807) is 20.4 Å². The van der Waals surface area contributed by atoms with Gasteiger partial charge in [0.15, 0.2) is 0 Å². The number of nitrogens with zero attached hydrogens (tertiary/aromatic N) is 1. The summed E-state index contributed by atoms with van der Waals surface area (Å²) in [6.07, 6.45) is 1.72. The highest BCUT2D eigenvalue weighted by Gasteiger charge is 2.05. The minimum Gasteiger partial charge on any atom is -0.496 e. The molecule has 2 aromatic rings. The van der Waals surface area contributed by atoms with Gasteiger partial charge in [-0.2, -0.15) is 0 Å². The third kappa shape index (κ3) is 2.43. The molecular formula is C14H16N2O2. The van der Waals surface area contributed by atoms with Gasteiger partial charge in [-0.3, -0.25) is 0 Å². The molecule has 0 aliphatic rings. The molecule has 0 saturated carbocycles. The van der Waals surface area contributed by atoms with Crippen LogP contribution in [0.3, 0.4) is 0 Å². The second-order valence-corrected chi connectivity index (χ2v) is 3.82. The van der Waals surface area contributed by atoms with Gasteiger partial charge in [-0.05, 0) is 29.3 Å². The van der Waals surface area contributed by atoms with Gasteiger partial charge in [0, 0.05) is 24.4 Å². The van der Waals surface area contributed by atoms with Gasteiger partial charge in [0.25, 0.3) is 0 Å². The standard InChI is InChI=1S/C14H16N2O2/c1-17-13-4-3-10(7-12(13)9-15)11-5-6-16-14(8-11)18-2/h3-8H,9,15H2,1-2H3. The first kappa shape index (κ1) is 12.4. The van der Waals surface area contributed by atoms with E-state index in [-0.39, 0.29) is 0 Å². The number of hydrogen-bond donors (Lipinski definition) is 1. The van der Waals surface area contributed by atoms with Crippen molar-refractivity contribution in [2.75, 3.05) is 14.2 Å². The van der Waals surface area contributed by atoms with Crippen LogP contribution in [0.15, 0.2) is 36.5 Å². The largest absolute Gasteiger partial charge is 0.496 e. The van der Waals surface area contributed by atoms with Crippen LogP contribution in [0.5, 0.6) is 11.6 Å². The smallest absolute Gasteiger partial charge is 0.213 e. The average molecular weight is 244 g/mol. The molecule has 1 heterocycles. The molecule has 0 atom stereocenters. The molecule has 1 aromatic heterocycles. The number of benzene rings is 1. The molecule has 0 spiro atoms. The second kappa shape index (κ2) is 5.51. The van der Waals surface area contributed by atoms with Gasteiger partial charge in [0.1, 0.15) is 5.75 Å². The zero-order chi connectivity index (χ0) is 13.0. The van der Waals surface area contributed by atoms with E-state index in [2.05, 4.69) is 4.98 Å². The van der Waals surface area contributed by atoms with Crippen molar-refractivity contribution < 1.29 is 9.47 Å². The van der Waals surface area contributed by atoms with Crippen LogP contribution in [-0.2, 0) is 6.54 Å². The molecule has 2 rings (SSSR count). The first-order valence-electron chi connectivity index (χ1n) is 5.66. The van der Waals surface area contributed by atoms with Crippen LogP contribution in [0.4, 0.5) is 0 Å². The lowest BCUT2D eigenvalue weighted by atomic mass is 10.0. The summed E-state index contributed by atoms with van der Waals surface area (Å²) in [6, 6.07) is 9.76. The summed E-state index contributed by atoms with van der Waals surface area (Å²) in [5, 5.41) is 0. The third-order valence-electron chi connectivity index (χ3n) is 2.78. The molecule has 18 heavy (non-hydrogen) atoms. The molecule has 4 heteroatoms. The Hall–Kier alpha value is -2.07. The predicted octanol–water partition coefficient (Wildman–Crippen LogP) is 2.22. The normalized spacial score (nSPS) is 10.2. The van der Waals surface area contributed by atoms with Crippen molar-refractivity contribution >= 4 is 0 Å². The summed E-state index contributed by atoms with van der Waals surface area (Å²) in [6.45, 7) is 0.444. The Bertz CT molecular complexity index is 541. The fourth-order valence-electron chi connectivity index (χ4n) is 1.82. The molecule has 0 amide bonds. The van der Waals surface area contributed by atoms with Gasteiger partial charge >= 0.3 is 0 Å². The van der Waals surface area contributed by atoms with Crippen molar-refractivity contribution in [2.45, 2.75) is 6.54 Å². The fraction of sp³-hybridized carbons (Fsp3) is 0.214. The van der Waals surface area contributed by atoms with Crippen LogP contribution >= 0.6 is 0 Å². The van der Waals surface area contributed by atoms with Gasteiger partial charge in [-0.1, -0.05) is 6.07 Å². The highest BCUT2D eigenvalue weighted by atomic mass is 16.5. The Kier molecular flexibility index (Phi) is 3.79. The number of ether oxygens (including phenoxy) is 2. The van der Waals surface area contributed by atoms with Crippen LogP contribution < -0.4 is 15.2 Å². The molecule has 0 aliphatic heterocycles. The molecule has 0 radical (unpaired) electrons. The highest BCUT2D eigenvalue weighted by Crippen LogP contribution is 2.27. The first-order chi connectivity index (χ1) is 8.78. The maximum Gasteiger partial charge on any atom is 0.213 e. The van der Waals surface area contributed by atoms with Gasteiger partial charge in [-0.15, -0.1) is 0 Å².